The first-order chi connectivity index (χ1) is 16.0. The molecule has 5 rings (SSSR count). The van der Waals surface area contributed by atoms with Crippen molar-refractivity contribution in [2.45, 2.75) is 32.6 Å². The van der Waals surface area contributed by atoms with E-state index in [1.54, 1.807) is 10.7 Å². The smallest absolute Gasteiger partial charge is 0.257 e. The Kier molecular flexibility index (Phi) is 5.89. The Balaban J connectivity index is 1.29. The summed E-state index contributed by atoms with van der Waals surface area (Å²) in [5.74, 6) is 0.487. The molecule has 7 heteroatoms. The van der Waals surface area contributed by atoms with Crippen molar-refractivity contribution in [2.24, 2.45) is 0 Å². The van der Waals surface area contributed by atoms with E-state index in [1.165, 1.54) is 11.1 Å². The number of likely N-dealkylation sites (tertiary alicyclic amines) is 1. The lowest BCUT2D eigenvalue weighted by atomic mass is 9.89. The van der Waals surface area contributed by atoms with Gasteiger partial charge in [0.05, 0.1) is 30.5 Å². The van der Waals surface area contributed by atoms with Gasteiger partial charge in [-0.15, -0.1) is 0 Å². The molecule has 0 N–H and O–H groups in total. The molecule has 0 bridgehead atoms. The van der Waals surface area contributed by atoms with E-state index in [9.17, 15) is 9.59 Å². The van der Waals surface area contributed by atoms with Gasteiger partial charge in [-0.05, 0) is 73.6 Å². The molecular weight excluding hydrogens is 416 g/mol. The molecule has 2 saturated heterocycles. The van der Waals surface area contributed by atoms with Gasteiger partial charge in [0.2, 0.25) is 0 Å². The lowest BCUT2D eigenvalue weighted by Crippen LogP contribution is -2.40. The number of carbonyl (C=O) groups is 2. The predicted octanol–water partition coefficient (Wildman–Crippen LogP) is 3.44. The highest BCUT2D eigenvalue weighted by Gasteiger charge is 2.26. The highest BCUT2D eigenvalue weighted by atomic mass is 16.5. The summed E-state index contributed by atoms with van der Waals surface area (Å²) in [5.41, 5.74) is 5.80. The van der Waals surface area contributed by atoms with Crippen molar-refractivity contribution in [3.05, 3.63) is 70.5 Å². The zero-order valence-electron chi connectivity index (χ0n) is 19.3. The molecule has 2 aliphatic rings. The van der Waals surface area contributed by atoms with E-state index in [4.69, 9.17) is 4.74 Å². The maximum Gasteiger partial charge on any atom is 0.257 e. The van der Waals surface area contributed by atoms with Crippen LogP contribution in [0.1, 0.15) is 56.2 Å². The molecule has 1 aromatic carbocycles. The van der Waals surface area contributed by atoms with Crippen molar-refractivity contribution in [3.8, 4) is 0 Å². The second-order valence-corrected chi connectivity index (χ2v) is 9.12. The quantitative estimate of drug-likeness (QED) is 0.618. The van der Waals surface area contributed by atoms with Gasteiger partial charge in [0, 0.05) is 37.9 Å². The summed E-state index contributed by atoms with van der Waals surface area (Å²) in [6.45, 7) is 7.97. The topological polar surface area (TPSA) is 67.2 Å². The minimum Gasteiger partial charge on any atom is -0.378 e. The summed E-state index contributed by atoms with van der Waals surface area (Å²) in [5, 5.41) is 4.39. The molecule has 4 heterocycles. The van der Waals surface area contributed by atoms with Gasteiger partial charge >= 0.3 is 0 Å². The third kappa shape index (κ3) is 4.25. The van der Waals surface area contributed by atoms with Crippen LogP contribution >= 0.6 is 0 Å². The van der Waals surface area contributed by atoms with Crippen LogP contribution in [0.2, 0.25) is 0 Å². The van der Waals surface area contributed by atoms with Gasteiger partial charge in [-0.25, -0.2) is 4.52 Å². The highest BCUT2D eigenvalue weighted by molar-refractivity contribution is 6.00. The number of piperidine rings is 1. The number of carbonyl (C=O) groups excluding carboxylic acids is 2. The predicted molar refractivity (Wildman–Crippen MR) is 126 cm³/mol. The fraction of sp³-hybridized carbons (Fsp3) is 0.423. The molecule has 2 aliphatic heterocycles. The number of ether oxygens (including phenoxy) is 1. The molecule has 2 aromatic heterocycles. The van der Waals surface area contributed by atoms with E-state index in [1.807, 2.05) is 41.1 Å². The number of benzene rings is 1. The van der Waals surface area contributed by atoms with Gasteiger partial charge in [0.1, 0.15) is 0 Å². The molecule has 0 atom stereocenters. The van der Waals surface area contributed by atoms with Gasteiger partial charge < -0.3 is 14.5 Å². The number of fused-ring (bicyclic) bond motifs is 1. The first-order valence-electron chi connectivity index (χ1n) is 11.7. The number of hydrogen-bond donors (Lipinski definition) is 0. The number of rotatable bonds is 3. The Morgan fingerprint density at radius 1 is 0.909 bits per heavy atom. The van der Waals surface area contributed by atoms with Crippen LogP contribution in [0.5, 0.6) is 0 Å². The standard InChI is InChI=1S/C26H30N4O3/c1-18-3-4-22(15-19(18)2)25(31)28-8-5-20(6-9-28)21-7-10-30-24(16-21)23(17-27-30)26(32)29-11-13-33-14-12-29/h3-4,7,10,15-17,20H,5-6,8-9,11-14H2,1-2H3. The summed E-state index contributed by atoms with van der Waals surface area (Å²) in [7, 11) is 0. The van der Waals surface area contributed by atoms with Crippen LogP contribution in [-0.2, 0) is 4.74 Å². The number of hydrogen-bond acceptors (Lipinski definition) is 4. The fourth-order valence-corrected chi connectivity index (χ4v) is 4.83. The number of nitrogens with zero attached hydrogens (tertiary/aromatic N) is 4. The third-order valence-electron chi connectivity index (χ3n) is 7.08. The first-order valence-corrected chi connectivity index (χ1v) is 11.7. The Morgan fingerprint density at radius 3 is 2.36 bits per heavy atom. The number of aromatic nitrogens is 2. The number of morpholine rings is 1. The first kappa shape index (κ1) is 21.6. The molecule has 172 valence electrons. The van der Waals surface area contributed by atoms with E-state index >= 15 is 0 Å². The van der Waals surface area contributed by atoms with Crippen molar-refractivity contribution in [1.82, 2.24) is 19.4 Å². The van der Waals surface area contributed by atoms with Crippen molar-refractivity contribution in [3.63, 3.8) is 0 Å². The van der Waals surface area contributed by atoms with E-state index in [2.05, 4.69) is 24.2 Å². The summed E-state index contributed by atoms with van der Waals surface area (Å²) >= 11 is 0. The minimum absolute atomic E-state index is 0.0132. The SMILES string of the molecule is Cc1ccc(C(=O)N2CCC(c3ccn4ncc(C(=O)N5CCOCC5)c4c3)CC2)cc1C. The van der Waals surface area contributed by atoms with Crippen LogP contribution in [0.25, 0.3) is 5.52 Å². The average Bonchev–Trinajstić information content (AvgIpc) is 3.29. The van der Waals surface area contributed by atoms with Crippen LogP contribution in [0, 0.1) is 13.8 Å². The number of pyridine rings is 1. The Labute approximate surface area is 193 Å². The van der Waals surface area contributed by atoms with Gasteiger partial charge in [0.15, 0.2) is 0 Å². The normalized spacial score (nSPS) is 17.5. The maximum absolute atomic E-state index is 13.0. The second kappa shape index (κ2) is 8.98. The largest absolute Gasteiger partial charge is 0.378 e. The van der Waals surface area contributed by atoms with Crippen LogP contribution in [0.4, 0.5) is 0 Å². The summed E-state index contributed by atoms with van der Waals surface area (Å²) < 4.78 is 7.15. The molecule has 2 amide bonds. The fourth-order valence-electron chi connectivity index (χ4n) is 4.83. The third-order valence-corrected chi connectivity index (χ3v) is 7.08. The molecule has 7 nitrogen and oxygen atoms in total. The van der Waals surface area contributed by atoms with E-state index < -0.39 is 0 Å². The van der Waals surface area contributed by atoms with E-state index in [-0.39, 0.29) is 11.8 Å². The van der Waals surface area contributed by atoms with Crippen molar-refractivity contribution in [1.29, 1.82) is 0 Å². The maximum atomic E-state index is 13.0. The van der Waals surface area contributed by atoms with Crippen molar-refractivity contribution in [2.75, 3.05) is 39.4 Å². The molecular formula is C26H30N4O3. The molecule has 33 heavy (non-hydrogen) atoms. The van der Waals surface area contributed by atoms with Crippen LogP contribution < -0.4 is 0 Å². The van der Waals surface area contributed by atoms with Crippen LogP contribution in [-0.4, -0.2) is 70.6 Å². The molecule has 0 unspecified atom stereocenters. The van der Waals surface area contributed by atoms with Gasteiger partial charge in [0.25, 0.3) is 11.8 Å². The van der Waals surface area contributed by atoms with E-state index in [0.29, 0.717) is 37.8 Å². The Bertz CT molecular complexity index is 1190. The Morgan fingerprint density at radius 2 is 1.64 bits per heavy atom. The molecule has 2 fully saturated rings. The summed E-state index contributed by atoms with van der Waals surface area (Å²) in [6.07, 6.45) is 5.43. The number of aryl methyl sites for hydroxylation is 2. The lowest BCUT2D eigenvalue weighted by Gasteiger charge is -2.32. The highest BCUT2D eigenvalue weighted by Crippen LogP contribution is 2.30. The van der Waals surface area contributed by atoms with Crippen LogP contribution in [0.3, 0.4) is 0 Å². The van der Waals surface area contributed by atoms with Crippen LogP contribution in [0.15, 0.2) is 42.7 Å². The monoisotopic (exact) mass is 446 g/mol. The molecule has 0 spiro atoms. The zero-order chi connectivity index (χ0) is 22.9. The molecule has 3 aromatic rings. The molecule has 0 saturated carbocycles. The Hall–Kier alpha value is -3.19. The lowest BCUT2D eigenvalue weighted by molar-refractivity contribution is 0.0304. The average molecular weight is 447 g/mol. The molecule has 0 aliphatic carbocycles. The number of amides is 2. The van der Waals surface area contributed by atoms with Crippen molar-refractivity contribution < 1.29 is 14.3 Å². The molecule has 0 radical (unpaired) electrons. The summed E-state index contributed by atoms with van der Waals surface area (Å²) in [4.78, 5) is 29.8. The summed E-state index contributed by atoms with van der Waals surface area (Å²) in [6, 6.07) is 10.1. The van der Waals surface area contributed by atoms with Crippen molar-refractivity contribution >= 4 is 17.3 Å². The van der Waals surface area contributed by atoms with Gasteiger partial charge in [-0.1, -0.05) is 6.07 Å². The zero-order valence-corrected chi connectivity index (χ0v) is 19.3. The minimum atomic E-state index is 0.0132. The van der Waals surface area contributed by atoms with E-state index in [0.717, 1.165) is 42.6 Å². The second-order valence-electron chi connectivity index (χ2n) is 9.12. The van der Waals surface area contributed by atoms with Gasteiger partial charge in [-0.3, -0.25) is 9.59 Å². The van der Waals surface area contributed by atoms with Gasteiger partial charge in [-0.2, -0.15) is 5.10 Å².